The zero-order chi connectivity index (χ0) is 24.0. The Morgan fingerprint density at radius 1 is 1.09 bits per heavy atom. The molecule has 0 spiro atoms. The second-order valence-electron chi connectivity index (χ2n) is 8.40. The van der Waals surface area contributed by atoms with Crippen LogP contribution in [0.2, 0.25) is 15.1 Å². The molecule has 1 saturated carbocycles. The van der Waals surface area contributed by atoms with E-state index in [0.717, 1.165) is 25.7 Å². The Bertz CT molecular complexity index is 975. The predicted molar refractivity (Wildman–Crippen MR) is 131 cm³/mol. The van der Waals surface area contributed by atoms with Gasteiger partial charge >= 0.3 is 0 Å². The van der Waals surface area contributed by atoms with Crippen LogP contribution in [0.4, 0.5) is 4.39 Å². The van der Waals surface area contributed by atoms with Crippen LogP contribution in [0.3, 0.4) is 0 Å². The molecular weight excluding hydrogens is 486 g/mol. The normalized spacial score (nSPS) is 15.2. The molecule has 33 heavy (non-hydrogen) atoms. The third-order valence-electron chi connectivity index (χ3n) is 6.08. The van der Waals surface area contributed by atoms with E-state index in [1.54, 1.807) is 24.3 Å². The van der Waals surface area contributed by atoms with Crippen molar-refractivity contribution in [3.05, 3.63) is 68.4 Å². The summed E-state index contributed by atoms with van der Waals surface area (Å²) in [6.07, 6.45) is 5.35. The molecule has 1 aliphatic rings. The van der Waals surface area contributed by atoms with Crippen molar-refractivity contribution in [2.45, 2.75) is 70.5 Å². The van der Waals surface area contributed by atoms with Gasteiger partial charge in [0.25, 0.3) is 0 Å². The molecule has 3 rings (SSSR count). The first-order valence-corrected chi connectivity index (χ1v) is 12.4. The van der Waals surface area contributed by atoms with Crippen molar-refractivity contribution in [3.8, 4) is 0 Å². The molecule has 1 aliphatic carbocycles. The summed E-state index contributed by atoms with van der Waals surface area (Å²) in [6, 6.07) is 8.69. The summed E-state index contributed by atoms with van der Waals surface area (Å²) < 4.78 is 14.4. The molecule has 8 heteroatoms. The minimum atomic E-state index is -0.725. The van der Waals surface area contributed by atoms with Crippen molar-refractivity contribution >= 4 is 46.6 Å². The van der Waals surface area contributed by atoms with Crippen molar-refractivity contribution in [2.75, 3.05) is 0 Å². The van der Waals surface area contributed by atoms with E-state index in [1.165, 1.54) is 23.5 Å². The number of benzene rings is 2. The molecule has 2 aromatic rings. The average Bonchev–Trinajstić information content (AvgIpc) is 2.78. The van der Waals surface area contributed by atoms with E-state index in [-0.39, 0.29) is 35.5 Å². The van der Waals surface area contributed by atoms with E-state index in [4.69, 9.17) is 34.8 Å². The fourth-order valence-corrected chi connectivity index (χ4v) is 4.95. The summed E-state index contributed by atoms with van der Waals surface area (Å²) in [6.45, 7) is 1.95. The second-order valence-corrected chi connectivity index (χ2v) is 9.65. The molecule has 0 aromatic heterocycles. The largest absolute Gasteiger partial charge is 0.352 e. The van der Waals surface area contributed by atoms with Crippen LogP contribution >= 0.6 is 34.8 Å². The van der Waals surface area contributed by atoms with Gasteiger partial charge in [-0.25, -0.2) is 4.39 Å². The van der Waals surface area contributed by atoms with Crippen molar-refractivity contribution < 1.29 is 14.0 Å². The number of hydrogen-bond acceptors (Lipinski definition) is 2. The molecular formula is C25H28Cl3FN2O2. The highest BCUT2D eigenvalue weighted by molar-refractivity contribution is 6.35. The van der Waals surface area contributed by atoms with E-state index >= 15 is 0 Å². The van der Waals surface area contributed by atoms with Crippen LogP contribution in [0.25, 0.3) is 0 Å². The first-order chi connectivity index (χ1) is 15.8. The summed E-state index contributed by atoms with van der Waals surface area (Å²) in [5.41, 5.74) is 0.761. The van der Waals surface area contributed by atoms with Gasteiger partial charge in [0.2, 0.25) is 11.8 Å². The van der Waals surface area contributed by atoms with E-state index in [2.05, 4.69) is 5.32 Å². The number of nitrogens with one attached hydrogen (secondary N) is 1. The highest BCUT2D eigenvalue weighted by Gasteiger charge is 2.31. The Kier molecular flexibility index (Phi) is 9.42. The molecule has 1 atom stereocenters. The number of carbonyl (C=O) groups is 2. The quantitative estimate of drug-likeness (QED) is 0.433. The SMILES string of the molecule is CC[C@@H](C(=O)NC1CCCCC1)N(Cc1ccc(Cl)cc1Cl)C(=O)Cc1c(F)cccc1Cl. The van der Waals surface area contributed by atoms with Crippen LogP contribution < -0.4 is 5.32 Å². The van der Waals surface area contributed by atoms with Gasteiger partial charge in [0.1, 0.15) is 11.9 Å². The zero-order valence-electron chi connectivity index (χ0n) is 18.6. The van der Waals surface area contributed by atoms with Crippen molar-refractivity contribution in [1.29, 1.82) is 0 Å². The van der Waals surface area contributed by atoms with Crippen LogP contribution in [0.5, 0.6) is 0 Å². The topological polar surface area (TPSA) is 49.4 Å². The molecule has 0 unspecified atom stereocenters. The molecule has 0 aliphatic heterocycles. The number of nitrogens with zero attached hydrogens (tertiary/aromatic N) is 1. The Morgan fingerprint density at radius 2 is 1.82 bits per heavy atom. The maximum absolute atomic E-state index is 14.4. The first-order valence-electron chi connectivity index (χ1n) is 11.3. The fourth-order valence-electron chi connectivity index (χ4n) is 4.25. The van der Waals surface area contributed by atoms with Crippen LogP contribution in [0, 0.1) is 5.82 Å². The minimum absolute atomic E-state index is 0.0947. The number of carbonyl (C=O) groups excluding carboxylic acids is 2. The third kappa shape index (κ3) is 6.84. The van der Waals surface area contributed by atoms with Crippen LogP contribution in [-0.2, 0) is 22.6 Å². The van der Waals surface area contributed by atoms with Gasteiger partial charge < -0.3 is 10.2 Å². The van der Waals surface area contributed by atoms with Crippen molar-refractivity contribution in [2.24, 2.45) is 0 Å². The van der Waals surface area contributed by atoms with Crippen LogP contribution in [0.15, 0.2) is 36.4 Å². The zero-order valence-corrected chi connectivity index (χ0v) is 20.8. The Morgan fingerprint density at radius 3 is 2.45 bits per heavy atom. The molecule has 178 valence electrons. The summed E-state index contributed by atoms with van der Waals surface area (Å²) in [5.74, 6) is -1.17. The molecule has 0 radical (unpaired) electrons. The summed E-state index contributed by atoms with van der Waals surface area (Å²) in [5, 5.41) is 4.16. The molecule has 1 fully saturated rings. The van der Waals surface area contributed by atoms with Gasteiger partial charge in [0, 0.05) is 33.2 Å². The standard InChI is InChI=1S/C25H28Cl3FN2O2/c1-2-23(25(33)30-18-7-4-3-5-8-18)31(15-16-11-12-17(26)13-21(16)28)24(32)14-19-20(27)9-6-10-22(19)29/h6,9-13,18,23H,2-5,7-8,14-15H2,1H3,(H,30,33)/t23-/m0/s1. The van der Waals surface area contributed by atoms with E-state index in [9.17, 15) is 14.0 Å². The number of halogens is 4. The highest BCUT2D eigenvalue weighted by Crippen LogP contribution is 2.26. The lowest BCUT2D eigenvalue weighted by Crippen LogP contribution is -2.52. The predicted octanol–water partition coefficient (Wildman–Crippen LogP) is 6.58. The molecule has 0 heterocycles. The maximum atomic E-state index is 14.4. The molecule has 0 saturated heterocycles. The van der Waals surface area contributed by atoms with E-state index < -0.39 is 17.8 Å². The average molecular weight is 514 g/mol. The molecule has 0 bridgehead atoms. The first kappa shape index (κ1) is 25.8. The van der Waals surface area contributed by atoms with Gasteiger partial charge in [-0.3, -0.25) is 9.59 Å². The highest BCUT2D eigenvalue weighted by atomic mass is 35.5. The van der Waals surface area contributed by atoms with Gasteiger partial charge in [-0.15, -0.1) is 0 Å². The Balaban J connectivity index is 1.88. The monoisotopic (exact) mass is 512 g/mol. The third-order valence-corrected chi connectivity index (χ3v) is 7.02. The van der Waals surface area contributed by atoms with Gasteiger partial charge in [-0.05, 0) is 49.1 Å². The summed E-state index contributed by atoms with van der Waals surface area (Å²) in [7, 11) is 0. The maximum Gasteiger partial charge on any atom is 0.243 e. The smallest absolute Gasteiger partial charge is 0.243 e. The van der Waals surface area contributed by atoms with Crippen molar-refractivity contribution in [1.82, 2.24) is 10.2 Å². The van der Waals surface area contributed by atoms with Gasteiger partial charge in [0.05, 0.1) is 6.42 Å². The minimum Gasteiger partial charge on any atom is -0.352 e. The molecule has 1 N–H and O–H groups in total. The molecule has 4 nitrogen and oxygen atoms in total. The number of hydrogen-bond donors (Lipinski definition) is 1. The lowest BCUT2D eigenvalue weighted by Gasteiger charge is -2.33. The van der Waals surface area contributed by atoms with Crippen molar-refractivity contribution in [3.63, 3.8) is 0 Å². The van der Waals surface area contributed by atoms with Gasteiger partial charge in [-0.2, -0.15) is 0 Å². The van der Waals surface area contributed by atoms with Gasteiger partial charge in [0.15, 0.2) is 0 Å². The lowest BCUT2D eigenvalue weighted by molar-refractivity contribution is -0.141. The summed E-state index contributed by atoms with van der Waals surface area (Å²) >= 11 is 18.5. The lowest BCUT2D eigenvalue weighted by atomic mass is 9.95. The molecule has 2 amide bonds. The Hall–Kier alpha value is -1.82. The van der Waals surface area contributed by atoms with Crippen LogP contribution in [0.1, 0.15) is 56.6 Å². The van der Waals surface area contributed by atoms with E-state index in [1.807, 2.05) is 6.92 Å². The van der Waals surface area contributed by atoms with Crippen LogP contribution in [-0.4, -0.2) is 28.8 Å². The second kappa shape index (κ2) is 12.0. The number of rotatable bonds is 8. The fraction of sp³-hybridized carbons (Fsp3) is 0.440. The summed E-state index contributed by atoms with van der Waals surface area (Å²) in [4.78, 5) is 28.2. The number of amides is 2. The van der Waals surface area contributed by atoms with E-state index in [0.29, 0.717) is 22.0 Å². The molecule has 2 aromatic carbocycles. The Labute approximate surface area is 209 Å². The van der Waals surface area contributed by atoms with Gasteiger partial charge in [-0.1, -0.05) is 73.1 Å².